The first-order valence-electron chi connectivity index (χ1n) is 4.57. The van der Waals surface area contributed by atoms with Crippen LogP contribution in [0.3, 0.4) is 0 Å². The van der Waals surface area contributed by atoms with Gasteiger partial charge in [0, 0.05) is 25.4 Å². The van der Waals surface area contributed by atoms with Crippen LogP contribution in [0.2, 0.25) is 0 Å². The first-order chi connectivity index (χ1) is 6.98. The molecule has 0 unspecified atom stereocenters. The summed E-state index contributed by atoms with van der Waals surface area (Å²) in [5.41, 5.74) is 0. The van der Waals surface area contributed by atoms with Crippen molar-refractivity contribution in [2.24, 2.45) is 0 Å². The maximum absolute atomic E-state index is 12.3. The molecule has 4 nitrogen and oxygen atoms in total. The van der Waals surface area contributed by atoms with Crippen LogP contribution in [0.15, 0.2) is 12.4 Å². The molecule has 15 heavy (non-hydrogen) atoms. The van der Waals surface area contributed by atoms with Crippen LogP contribution < -0.4 is 0 Å². The highest BCUT2D eigenvalue weighted by Crippen LogP contribution is 2.27. The summed E-state index contributed by atoms with van der Waals surface area (Å²) in [5.74, 6) is -0.122. The highest BCUT2D eigenvalue weighted by Gasteiger charge is 2.40. The smallest absolute Gasteiger partial charge is 0.273 e. The van der Waals surface area contributed by atoms with Crippen LogP contribution in [0.5, 0.6) is 0 Å². The number of amides is 1. The average Bonchev–Trinajstić information content (AvgIpc) is 2.69. The molecule has 0 aromatic rings. The van der Waals surface area contributed by atoms with Gasteiger partial charge in [-0.25, -0.2) is 0 Å². The van der Waals surface area contributed by atoms with E-state index in [1.165, 1.54) is 16.2 Å². The van der Waals surface area contributed by atoms with Crippen LogP contribution in [0.1, 0.15) is 12.8 Å². The van der Waals surface area contributed by atoms with Gasteiger partial charge in [0.05, 0.1) is 0 Å². The number of halogens is 3. The molecule has 0 saturated carbocycles. The molecule has 1 fully saturated rings. The normalized spacial score (nSPS) is 22.1. The molecule has 0 radical (unpaired) electrons. The number of hydrazine groups is 1. The van der Waals surface area contributed by atoms with Crippen LogP contribution in [0.25, 0.3) is 0 Å². The number of hydrogen-bond donors (Lipinski definition) is 0. The maximum atomic E-state index is 12.3. The molecule has 1 amide bonds. The molecule has 7 heteroatoms. The number of rotatable bonds is 1. The van der Waals surface area contributed by atoms with Crippen LogP contribution in [0.4, 0.5) is 13.2 Å². The summed E-state index contributed by atoms with van der Waals surface area (Å²) in [6.07, 6.45) is -1.05. The largest absolute Gasteiger partial charge is 0.485 e. The molecule has 0 aromatic heterocycles. The predicted octanol–water partition coefficient (Wildman–Crippen LogP) is 1.09. The second-order valence-corrected chi connectivity index (χ2v) is 3.44. The van der Waals surface area contributed by atoms with Crippen molar-refractivity contribution in [2.45, 2.75) is 19.1 Å². The summed E-state index contributed by atoms with van der Waals surface area (Å²) in [6.45, 7) is 0.157. The van der Waals surface area contributed by atoms with E-state index in [1.807, 2.05) is 0 Å². The summed E-state index contributed by atoms with van der Waals surface area (Å²) in [5, 5.41) is 2.64. The highest BCUT2D eigenvalue weighted by molar-refractivity contribution is 5.77. The minimum Gasteiger partial charge on any atom is -0.273 e. The van der Waals surface area contributed by atoms with E-state index in [9.17, 15) is 18.0 Å². The Balaban J connectivity index is 1.99. The van der Waals surface area contributed by atoms with E-state index in [-0.39, 0.29) is 17.5 Å². The summed E-state index contributed by atoms with van der Waals surface area (Å²) >= 11 is 0. The Bertz CT molecular complexity index is 302. The zero-order valence-electron chi connectivity index (χ0n) is 7.87. The van der Waals surface area contributed by atoms with Crippen molar-refractivity contribution in [2.75, 3.05) is 13.2 Å². The van der Waals surface area contributed by atoms with Gasteiger partial charge in [-0.1, -0.05) is 0 Å². The van der Waals surface area contributed by atoms with Gasteiger partial charge in [0.15, 0.2) is 0 Å². The molecule has 0 atom stereocenters. The van der Waals surface area contributed by atoms with Gasteiger partial charge in [0.1, 0.15) is 6.67 Å². The van der Waals surface area contributed by atoms with Gasteiger partial charge in [-0.05, 0) is 6.42 Å². The molecular weight excluding hydrogens is 211 g/mol. The zero-order valence-corrected chi connectivity index (χ0v) is 7.87. The SMILES string of the molecule is O=C1CCCN1N1C=CN(C(F)(F)F)C1. The third-order valence-electron chi connectivity index (χ3n) is 2.40. The molecule has 2 rings (SSSR count). The van der Waals surface area contributed by atoms with Gasteiger partial charge in [0.25, 0.3) is 0 Å². The second-order valence-electron chi connectivity index (χ2n) is 3.44. The minimum absolute atomic E-state index is 0.122. The van der Waals surface area contributed by atoms with Crippen molar-refractivity contribution in [3.63, 3.8) is 0 Å². The monoisotopic (exact) mass is 221 g/mol. The van der Waals surface area contributed by atoms with E-state index in [1.54, 1.807) is 0 Å². The van der Waals surface area contributed by atoms with Gasteiger partial charge < -0.3 is 0 Å². The van der Waals surface area contributed by atoms with Crippen LogP contribution in [-0.2, 0) is 4.79 Å². The molecule has 1 saturated heterocycles. The lowest BCUT2D eigenvalue weighted by atomic mass is 10.4. The summed E-state index contributed by atoms with van der Waals surface area (Å²) in [4.78, 5) is 11.5. The van der Waals surface area contributed by atoms with E-state index < -0.39 is 6.30 Å². The molecule has 0 aliphatic carbocycles. The summed E-state index contributed by atoms with van der Waals surface area (Å²) < 4.78 is 36.8. The molecule has 0 bridgehead atoms. The fraction of sp³-hybridized carbons (Fsp3) is 0.625. The number of nitrogens with zero attached hydrogens (tertiary/aromatic N) is 3. The van der Waals surface area contributed by atoms with Crippen LogP contribution in [0, 0.1) is 0 Å². The number of carbonyl (C=O) groups is 1. The van der Waals surface area contributed by atoms with Gasteiger partial charge in [-0.15, -0.1) is 0 Å². The van der Waals surface area contributed by atoms with Crippen molar-refractivity contribution < 1.29 is 18.0 Å². The highest BCUT2D eigenvalue weighted by atomic mass is 19.4. The summed E-state index contributed by atoms with van der Waals surface area (Å²) in [7, 11) is 0. The quantitative estimate of drug-likeness (QED) is 0.620. The van der Waals surface area contributed by atoms with Crippen molar-refractivity contribution in [3.05, 3.63) is 12.4 Å². The first kappa shape index (κ1) is 10.1. The Kier molecular flexibility index (Phi) is 2.24. The van der Waals surface area contributed by atoms with E-state index in [4.69, 9.17) is 0 Å². The Labute approximate surface area is 84.5 Å². The van der Waals surface area contributed by atoms with Crippen molar-refractivity contribution >= 4 is 5.91 Å². The molecule has 0 spiro atoms. The Morgan fingerprint density at radius 1 is 1.27 bits per heavy atom. The topological polar surface area (TPSA) is 26.8 Å². The van der Waals surface area contributed by atoms with Crippen molar-refractivity contribution in [1.29, 1.82) is 0 Å². The lowest BCUT2D eigenvalue weighted by molar-refractivity contribution is -0.235. The van der Waals surface area contributed by atoms with Gasteiger partial charge in [-0.2, -0.15) is 13.2 Å². The molecule has 2 aliphatic heterocycles. The Morgan fingerprint density at radius 3 is 2.47 bits per heavy atom. The fourth-order valence-corrected chi connectivity index (χ4v) is 1.63. The first-order valence-corrected chi connectivity index (χ1v) is 4.57. The second kappa shape index (κ2) is 3.32. The van der Waals surface area contributed by atoms with Crippen molar-refractivity contribution in [1.82, 2.24) is 14.9 Å². The molecule has 2 aliphatic rings. The van der Waals surface area contributed by atoms with E-state index in [2.05, 4.69) is 0 Å². The molecular formula is C8H10F3N3O. The Morgan fingerprint density at radius 2 is 2.00 bits per heavy atom. The molecule has 0 aromatic carbocycles. The maximum Gasteiger partial charge on any atom is 0.485 e. The summed E-state index contributed by atoms with van der Waals surface area (Å²) in [6, 6.07) is 0. The molecule has 84 valence electrons. The lowest BCUT2D eigenvalue weighted by Gasteiger charge is -2.29. The predicted molar refractivity (Wildman–Crippen MR) is 44.7 cm³/mol. The fourth-order valence-electron chi connectivity index (χ4n) is 1.63. The van der Waals surface area contributed by atoms with Crippen LogP contribution in [-0.4, -0.2) is 40.3 Å². The average molecular weight is 221 g/mol. The van der Waals surface area contributed by atoms with Gasteiger partial charge in [0.2, 0.25) is 5.91 Å². The van der Waals surface area contributed by atoms with E-state index >= 15 is 0 Å². The number of hydrogen-bond acceptors (Lipinski definition) is 3. The number of carbonyl (C=O) groups excluding carboxylic acids is 1. The van der Waals surface area contributed by atoms with E-state index in [0.29, 0.717) is 19.4 Å². The minimum atomic E-state index is -4.38. The van der Waals surface area contributed by atoms with Crippen molar-refractivity contribution in [3.8, 4) is 0 Å². The van der Waals surface area contributed by atoms with Gasteiger partial charge >= 0.3 is 6.30 Å². The standard InChI is InChI=1S/C8H10F3N3O/c9-8(10,11)12-4-5-13(6-12)14-3-1-2-7(14)15/h4-5H,1-3,6H2. The molecule has 0 N–H and O–H groups in total. The van der Waals surface area contributed by atoms with Crippen LogP contribution >= 0.6 is 0 Å². The number of alkyl halides is 3. The third kappa shape index (κ3) is 1.86. The Hall–Kier alpha value is -1.40. The molecule has 2 heterocycles. The zero-order chi connectivity index (χ0) is 11.1. The van der Waals surface area contributed by atoms with Gasteiger partial charge in [-0.3, -0.25) is 19.7 Å². The van der Waals surface area contributed by atoms with E-state index in [0.717, 1.165) is 6.20 Å². The lowest BCUT2D eigenvalue weighted by Crippen LogP contribution is -2.44. The third-order valence-corrected chi connectivity index (χ3v) is 2.40.